The monoisotopic (exact) mass is 294 g/mol. The summed E-state index contributed by atoms with van der Waals surface area (Å²) in [7, 11) is 0. The predicted molar refractivity (Wildman–Crippen MR) is 90.6 cm³/mol. The molecule has 21 heavy (non-hydrogen) atoms. The molecule has 1 aliphatic carbocycles. The summed E-state index contributed by atoms with van der Waals surface area (Å²) in [5, 5.41) is 3.40. The lowest BCUT2D eigenvalue weighted by Crippen LogP contribution is -2.43. The Morgan fingerprint density at radius 1 is 1.14 bits per heavy atom. The number of likely N-dealkylation sites (tertiary alicyclic amines) is 1. The normalized spacial score (nSPS) is 23.4. The highest BCUT2D eigenvalue weighted by molar-refractivity contribution is 5.78. The molecule has 0 radical (unpaired) electrons. The van der Waals surface area contributed by atoms with Gasteiger partial charge < -0.3 is 16.0 Å². The third-order valence-corrected chi connectivity index (χ3v) is 5.10. The summed E-state index contributed by atoms with van der Waals surface area (Å²) in [6.45, 7) is 6.95. The minimum absolute atomic E-state index is 0.471. The molecule has 0 aromatic heterocycles. The number of hydrogen-bond donors (Lipinski definition) is 2. The number of nitrogens with two attached hydrogens (primary N) is 1. The summed E-state index contributed by atoms with van der Waals surface area (Å²) in [5.41, 5.74) is 6.01. The van der Waals surface area contributed by atoms with E-state index < -0.39 is 0 Å². The van der Waals surface area contributed by atoms with Crippen molar-refractivity contribution in [2.75, 3.05) is 26.2 Å². The van der Waals surface area contributed by atoms with Crippen molar-refractivity contribution >= 4 is 5.96 Å². The van der Waals surface area contributed by atoms with E-state index in [1.807, 2.05) is 0 Å². The van der Waals surface area contributed by atoms with E-state index in [1.54, 1.807) is 0 Å². The van der Waals surface area contributed by atoms with Crippen LogP contribution >= 0.6 is 0 Å². The molecule has 0 amide bonds. The molecule has 2 aliphatic rings. The van der Waals surface area contributed by atoms with Crippen molar-refractivity contribution in [3.8, 4) is 0 Å². The Bertz CT molecular complexity index is 304. The fourth-order valence-corrected chi connectivity index (χ4v) is 3.68. The molecule has 122 valence electrons. The molecular formula is C17H34N4. The molecule has 0 aromatic carbocycles. The third-order valence-electron chi connectivity index (χ3n) is 5.10. The third kappa shape index (κ3) is 6.25. The van der Waals surface area contributed by atoms with Crippen LogP contribution in [-0.2, 0) is 0 Å². The first kappa shape index (κ1) is 16.6. The van der Waals surface area contributed by atoms with Crippen LogP contribution in [0, 0.1) is 5.92 Å². The molecule has 4 heteroatoms. The highest BCUT2D eigenvalue weighted by Crippen LogP contribution is 2.26. The number of nitrogens with one attached hydrogen (secondary N) is 1. The quantitative estimate of drug-likeness (QED) is 0.431. The number of nitrogens with zero attached hydrogens (tertiary/aromatic N) is 2. The predicted octanol–water partition coefficient (Wildman–Crippen LogP) is 2.74. The van der Waals surface area contributed by atoms with Crippen LogP contribution < -0.4 is 11.1 Å². The van der Waals surface area contributed by atoms with E-state index in [4.69, 9.17) is 5.73 Å². The van der Waals surface area contributed by atoms with Gasteiger partial charge in [0.1, 0.15) is 0 Å². The topological polar surface area (TPSA) is 53.6 Å². The van der Waals surface area contributed by atoms with Gasteiger partial charge in [0.2, 0.25) is 0 Å². The summed E-state index contributed by atoms with van der Waals surface area (Å²) in [5.74, 6) is 1.43. The molecule has 1 saturated carbocycles. The molecule has 1 heterocycles. The molecule has 2 fully saturated rings. The number of guanidine groups is 1. The van der Waals surface area contributed by atoms with Gasteiger partial charge in [-0.05, 0) is 71.0 Å². The van der Waals surface area contributed by atoms with Crippen LogP contribution in [0.5, 0.6) is 0 Å². The molecule has 1 aliphatic heterocycles. The van der Waals surface area contributed by atoms with Crippen molar-refractivity contribution in [3.63, 3.8) is 0 Å². The second kappa shape index (κ2) is 9.29. The van der Waals surface area contributed by atoms with Crippen LogP contribution in [0.2, 0.25) is 0 Å². The van der Waals surface area contributed by atoms with Crippen LogP contribution in [0.4, 0.5) is 0 Å². The minimum atomic E-state index is 0.471. The van der Waals surface area contributed by atoms with Crippen molar-refractivity contribution in [1.29, 1.82) is 0 Å². The Morgan fingerprint density at radius 3 is 2.57 bits per heavy atom. The Balaban J connectivity index is 1.55. The van der Waals surface area contributed by atoms with Crippen LogP contribution in [0.3, 0.4) is 0 Å². The minimum Gasteiger partial charge on any atom is -0.370 e. The number of aliphatic imine (C=N–C) groups is 1. The second-order valence-corrected chi connectivity index (χ2v) is 6.85. The largest absolute Gasteiger partial charge is 0.370 e. The Labute approximate surface area is 130 Å². The van der Waals surface area contributed by atoms with Gasteiger partial charge >= 0.3 is 0 Å². The van der Waals surface area contributed by atoms with E-state index in [0.717, 1.165) is 18.9 Å². The second-order valence-electron chi connectivity index (χ2n) is 6.85. The Kier molecular flexibility index (Phi) is 7.34. The number of hydrogen-bond acceptors (Lipinski definition) is 2. The fraction of sp³-hybridized carbons (Fsp3) is 0.941. The van der Waals surface area contributed by atoms with Gasteiger partial charge in [0, 0.05) is 12.6 Å². The molecule has 1 saturated heterocycles. The highest BCUT2D eigenvalue weighted by Gasteiger charge is 2.20. The van der Waals surface area contributed by atoms with E-state index in [2.05, 4.69) is 22.1 Å². The lowest BCUT2D eigenvalue weighted by molar-refractivity contribution is 0.301. The van der Waals surface area contributed by atoms with E-state index in [0.29, 0.717) is 12.0 Å². The van der Waals surface area contributed by atoms with Gasteiger partial charge in [-0.25, -0.2) is 0 Å². The molecule has 2 rings (SSSR count). The van der Waals surface area contributed by atoms with Gasteiger partial charge in [0.15, 0.2) is 5.96 Å². The van der Waals surface area contributed by atoms with Crippen LogP contribution in [0.15, 0.2) is 4.99 Å². The van der Waals surface area contributed by atoms with Crippen molar-refractivity contribution < 1.29 is 0 Å². The molecular weight excluding hydrogens is 260 g/mol. The molecule has 0 bridgehead atoms. The van der Waals surface area contributed by atoms with Crippen molar-refractivity contribution in [2.24, 2.45) is 16.6 Å². The zero-order chi connectivity index (χ0) is 14.9. The van der Waals surface area contributed by atoms with E-state index >= 15 is 0 Å². The van der Waals surface area contributed by atoms with Gasteiger partial charge in [0.25, 0.3) is 0 Å². The summed E-state index contributed by atoms with van der Waals surface area (Å²) in [6.07, 6.45) is 12.0. The summed E-state index contributed by atoms with van der Waals surface area (Å²) in [4.78, 5) is 7.05. The standard InChI is InChI=1S/C17H34N4/c1-15(16-9-3-2-4-10-16)20-17(18)19-11-5-6-12-21-13-7-8-14-21/h15-16H,2-14H2,1H3,(H3,18,19,20). The highest BCUT2D eigenvalue weighted by atomic mass is 15.1. The first-order valence-electron chi connectivity index (χ1n) is 9.04. The van der Waals surface area contributed by atoms with Crippen LogP contribution in [0.25, 0.3) is 0 Å². The number of rotatable bonds is 7. The van der Waals surface area contributed by atoms with Crippen LogP contribution in [0.1, 0.15) is 64.7 Å². The Morgan fingerprint density at radius 2 is 1.86 bits per heavy atom. The summed E-state index contributed by atoms with van der Waals surface area (Å²) < 4.78 is 0. The molecule has 1 atom stereocenters. The molecule has 3 N–H and O–H groups in total. The average molecular weight is 294 g/mol. The van der Waals surface area contributed by atoms with E-state index in [9.17, 15) is 0 Å². The van der Waals surface area contributed by atoms with E-state index in [1.165, 1.54) is 71.0 Å². The van der Waals surface area contributed by atoms with Gasteiger partial charge in [-0.15, -0.1) is 0 Å². The van der Waals surface area contributed by atoms with Gasteiger partial charge in [-0.2, -0.15) is 0 Å². The smallest absolute Gasteiger partial charge is 0.188 e. The van der Waals surface area contributed by atoms with Crippen molar-refractivity contribution in [2.45, 2.75) is 70.8 Å². The lowest BCUT2D eigenvalue weighted by Gasteiger charge is -2.28. The van der Waals surface area contributed by atoms with Gasteiger partial charge in [-0.3, -0.25) is 4.99 Å². The number of unbranched alkanes of at least 4 members (excludes halogenated alkanes) is 1. The van der Waals surface area contributed by atoms with Crippen LogP contribution in [-0.4, -0.2) is 43.1 Å². The maximum Gasteiger partial charge on any atom is 0.188 e. The Hall–Kier alpha value is -0.770. The van der Waals surface area contributed by atoms with Crippen molar-refractivity contribution in [1.82, 2.24) is 10.2 Å². The zero-order valence-electron chi connectivity index (χ0n) is 13.8. The fourth-order valence-electron chi connectivity index (χ4n) is 3.68. The molecule has 4 nitrogen and oxygen atoms in total. The zero-order valence-corrected chi connectivity index (χ0v) is 13.8. The maximum atomic E-state index is 6.01. The van der Waals surface area contributed by atoms with Gasteiger partial charge in [0.05, 0.1) is 0 Å². The summed E-state index contributed by atoms with van der Waals surface area (Å²) in [6, 6.07) is 0.471. The molecule has 1 unspecified atom stereocenters. The molecule has 0 aromatic rings. The van der Waals surface area contributed by atoms with Crippen molar-refractivity contribution in [3.05, 3.63) is 0 Å². The lowest BCUT2D eigenvalue weighted by atomic mass is 9.85. The maximum absolute atomic E-state index is 6.01. The SMILES string of the molecule is CC(NC(N)=NCCCCN1CCCC1)C1CCCCC1. The average Bonchev–Trinajstić information content (AvgIpc) is 3.01. The summed E-state index contributed by atoms with van der Waals surface area (Å²) >= 11 is 0. The first-order chi connectivity index (χ1) is 10.3. The molecule has 0 spiro atoms. The van der Waals surface area contributed by atoms with E-state index in [-0.39, 0.29) is 0 Å². The first-order valence-corrected chi connectivity index (χ1v) is 9.04. The van der Waals surface area contributed by atoms with Gasteiger partial charge in [-0.1, -0.05) is 19.3 Å².